The molecule has 5 nitrogen and oxygen atoms in total. The largest absolute Gasteiger partial charge is 0.493 e. The molecule has 100 valence electrons. The van der Waals surface area contributed by atoms with Gasteiger partial charge in [0.25, 0.3) is 0 Å². The van der Waals surface area contributed by atoms with Gasteiger partial charge in [-0.2, -0.15) is 5.10 Å². The summed E-state index contributed by atoms with van der Waals surface area (Å²) in [6.45, 7) is 1.33. The lowest BCUT2D eigenvalue weighted by molar-refractivity contribution is 0.112. The summed E-state index contributed by atoms with van der Waals surface area (Å²) < 4.78 is 12.7. The molecule has 0 fully saturated rings. The summed E-state index contributed by atoms with van der Waals surface area (Å²) in [5.74, 6) is 1.22. The molecule has 0 aliphatic heterocycles. The number of aromatic nitrogens is 2. The Morgan fingerprint density at radius 3 is 2.95 bits per heavy atom. The lowest BCUT2D eigenvalue weighted by atomic mass is 10.2. The number of rotatable bonds is 7. The smallest absolute Gasteiger partial charge is 0.161 e. The van der Waals surface area contributed by atoms with Crippen molar-refractivity contribution < 1.29 is 14.3 Å². The van der Waals surface area contributed by atoms with Gasteiger partial charge in [0, 0.05) is 30.9 Å². The van der Waals surface area contributed by atoms with Gasteiger partial charge in [-0.05, 0) is 24.3 Å². The minimum atomic E-state index is 0.540. The number of aldehydes is 1. The Kier molecular flexibility index (Phi) is 4.55. The highest BCUT2D eigenvalue weighted by molar-refractivity contribution is 5.76. The van der Waals surface area contributed by atoms with Gasteiger partial charge in [-0.1, -0.05) is 0 Å². The van der Waals surface area contributed by atoms with E-state index in [-0.39, 0.29) is 0 Å². The first-order valence-corrected chi connectivity index (χ1v) is 6.07. The van der Waals surface area contributed by atoms with Gasteiger partial charge < -0.3 is 9.47 Å². The van der Waals surface area contributed by atoms with Gasteiger partial charge in [0.15, 0.2) is 11.5 Å². The first kappa shape index (κ1) is 13.1. The number of methoxy groups -OCH3 is 1. The van der Waals surface area contributed by atoms with Crippen molar-refractivity contribution in [3.8, 4) is 11.5 Å². The Balaban J connectivity index is 1.89. The second-order valence-corrected chi connectivity index (χ2v) is 4.00. The lowest BCUT2D eigenvalue weighted by Crippen LogP contribution is -2.05. The van der Waals surface area contributed by atoms with Crippen molar-refractivity contribution in [3.05, 3.63) is 42.2 Å². The fourth-order valence-electron chi connectivity index (χ4n) is 1.72. The van der Waals surface area contributed by atoms with Crippen molar-refractivity contribution in [2.24, 2.45) is 0 Å². The van der Waals surface area contributed by atoms with Crippen molar-refractivity contribution in [3.63, 3.8) is 0 Å². The summed E-state index contributed by atoms with van der Waals surface area (Å²) >= 11 is 0. The maximum absolute atomic E-state index is 10.7. The molecule has 0 saturated carbocycles. The fraction of sp³-hybridized carbons (Fsp3) is 0.286. The summed E-state index contributed by atoms with van der Waals surface area (Å²) in [4.78, 5) is 10.7. The van der Waals surface area contributed by atoms with Crippen molar-refractivity contribution in [1.29, 1.82) is 0 Å². The van der Waals surface area contributed by atoms with Crippen LogP contribution >= 0.6 is 0 Å². The van der Waals surface area contributed by atoms with Crippen LogP contribution in [0.15, 0.2) is 36.7 Å². The summed E-state index contributed by atoms with van der Waals surface area (Å²) in [7, 11) is 1.58. The Morgan fingerprint density at radius 1 is 1.37 bits per heavy atom. The molecule has 0 radical (unpaired) electrons. The summed E-state index contributed by atoms with van der Waals surface area (Å²) in [5.41, 5.74) is 0.572. The standard InChI is InChI=1S/C14H16N2O3/c1-18-13-5-4-12(11-17)10-14(13)19-9-3-8-16-7-2-6-15-16/h2,4-7,10-11H,3,8-9H2,1H3. The fourth-order valence-corrected chi connectivity index (χ4v) is 1.72. The quantitative estimate of drug-likeness (QED) is 0.565. The third-order valence-corrected chi connectivity index (χ3v) is 2.67. The van der Waals surface area contributed by atoms with E-state index in [9.17, 15) is 4.79 Å². The van der Waals surface area contributed by atoms with Crippen LogP contribution in [0.3, 0.4) is 0 Å². The van der Waals surface area contributed by atoms with Crippen LogP contribution in [0.25, 0.3) is 0 Å². The van der Waals surface area contributed by atoms with Crippen LogP contribution in [-0.4, -0.2) is 29.8 Å². The van der Waals surface area contributed by atoms with E-state index in [4.69, 9.17) is 9.47 Å². The average Bonchev–Trinajstić information content (AvgIpc) is 2.96. The molecule has 0 spiro atoms. The van der Waals surface area contributed by atoms with Crippen molar-refractivity contribution >= 4 is 6.29 Å². The van der Waals surface area contributed by atoms with Crippen molar-refractivity contribution in [2.45, 2.75) is 13.0 Å². The number of benzene rings is 1. The molecular weight excluding hydrogens is 244 g/mol. The molecule has 0 aliphatic rings. The van der Waals surface area contributed by atoms with E-state index in [1.54, 1.807) is 31.5 Å². The average molecular weight is 260 g/mol. The minimum Gasteiger partial charge on any atom is -0.493 e. The van der Waals surface area contributed by atoms with E-state index in [1.165, 1.54) is 0 Å². The molecule has 0 amide bonds. The van der Waals surface area contributed by atoms with E-state index in [0.717, 1.165) is 19.3 Å². The van der Waals surface area contributed by atoms with E-state index in [0.29, 0.717) is 23.7 Å². The normalized spacial score (nSPS) is 10.2. The zero-order chi connectivity index (χ0) is 13.5. The zero-order valence-corrected chi connectivity index (χ0v) is 10.8. The topological polar surface area (TPSA) is 53.4 Å². The summed E-state index contributed by atoms with van der Waals surface area (Å²) in [6, 6.07) is 6.99. The zero-order valence-electron chi connectivity index (χ0n) is 10.8. The molecule has 19 heavy (non-hydrogen) atoms. The Hall–Kier alpha value is -2.30. The highest BCUT2D eigenvalue weighted by Crippen LogP contribution is 2.27. The van der Waals surface area contributed by atoms with Crippen LogP contribution in [0.4, 0.5) is 0 Å². The van der Waals surface area contributed by atoms with Crippen LogP contribution in [0, 0.1) is 0 Å². The van der Waals surface area contributed by atoms with Gasteiger partial charge in [0.05, 0.1) is 13.7 Å². The predicted octanol–water partition coefficient (Wildman–Crippen LogP) is 2.17. The highest BCUT2D eigenvalue weighted by Gasteiger charge is 2.05. The van der Waals surface area contributed by atoms with E-state index < -0.39 is 0 Å². The molecule has 0 atom stereocenters. The molecule has 5 heteroatoms. The Morgan fingerprint density at radius 2 is 2.26 bits per heavy atom. The third-order valence-electron chi connectivity index (χ3n) is 2.67. The van der Waals surface area contributed by atoms with Gasteiger partial charge in [-0.15, -0.1) is 0 Å². The molecule has 2 rings (SSSR count). The molecule has 0 N–H and O–H groups in total. The number of carbonyl (C=O) groups excluding carboxylic acids is 1. The summed E-state index contributed by atoms with van der Waals surface area (Å²) in [5, 5.41) is 4.11. The van der Waals surface area contributed by atoms with Gasteiger partial charge >= 0.3 is 0 Å². The third kappa shape index (κ3) is 3.58. The van der Waals surface area contributed by atoms with Crippen molar-refractivity contribution in [2.75, 3.05) is 13.7 Å². The maximum atomic E-state index is 10.7. The molecule has 1 heterocycles. The first-order chi connectivity index (χ1) is 9.33. The molecule has 0 aliphatic carbocycles. The van der Waals surface area contributed by atoms with Crippen LogP contribution in [0.5, 0.6) is 11.5 Å². The molecule has 0 bridgehead atoms. The van der Waals surface area contributed by atoms with Crippen LogP contribution in [0.2, 0.25) is 0 Å². The summed E-state index contributed by atoms with van der Waals surface area (Å²) in [6.07, 6.45) is 5.28. The van der Waals surface area contributed by atoms with Gasteiger partial charge in [0.2, 0.25) is 0 Å². The maximum Gasteiger partial charge on any atom is 0.161 e. The molecular formula is C14H16N2O3. The van der Waals surface area contributed by atoms with E-state index in [1.807, 2.05) is 16.9 Å². The van der Waals surface area contributed by atoms with Gasteiger partial charge in [0.1, 0.15) is 6.29 Å². The molecule has 0 unspecified atom stereocenters. The Labute approximate surface area is 111 Å². The van der Waals surface area contributed by atoms with Gasteiger partial charge in [-0.3, -0.25) is 9.48 Å². The second kappa shape index (κ2) is 6.58. The molecule has 1 aromatic heterocycles. The van der Waals surface area contributed by atoms with Crippen LogP contribution < -0.4 is 9.47 Å². The number of hydrogen-bond acceptors (Lipinski definition) is 4. The minimum absolute atomic E-state index is 0.540. The van der Waals surface area contributed by atoms with Crippen LogP contribution in [0.1, 0.15) is 16.8 Å². The van der Waals surface area contributed by atoms with Gasteiger partial charge in [-0.25, -0.2) is 0 Å². The number of ether oxygens (including phenoxy) is 2. The number of nitrogens with zero attached hydrogens (tertiary/aromatic N) is 2. The van der Waals surface area contributed by atoms with E-state index in [2.05, 4.69) is 5.10 Å². The highest BCUT2D eigenvalue weighted by atomic mass is 16.5. The number of aryl methyl sites for hydroxylation is 1. The predicted molar refractivity (Wildman–Crippen MR) is 70.7 cm³/mol. The second-order valence-electron chi connectivity index (χ2n) is 4.00. The molecule has 1 aromatic carbocycles. The van der Waals surface area contributed by atoms with Crippen molar-refractivity contribution in [1.82, 2.24) is 9.78 Å². The Bertz CT molecular complexity index is 523. The van der Waals surface area contributed by atoms with Crippen LogP contribution in [-0.2, 0) is 6.54 Å². The SMILES string of the molecule is COc1ccc(C=O)cc1OCCCn1cccn1. The first-order valence-electron chi connectivity index (χ1n) is 6.07. The number of hydrogen-bond donors (Lipinski definition) is 0. The molecule has 2 aromatic rings. The molecule has 0 saturated heterocycles. The monoisotopic (exact) mass is 260 g/mol. The van der Waals surface area contributed by atoms with E-state index >= 15 is 0 Å². The lowest BCUT2D eigenvalue weighted by Gasteiger charge is -2.11. The number of carbonyl (C=O) groups is 1.